The van der Waals surface area contributed by atoms with Gasteiger partial charge in [-0.2, -0.15) is 0 Å². The third-order valence-corrected chi connectivity index (χ3v) is 5.65. The summed E-state index contributed by atoms with van der Waals surface area (Å²) in [6.07, 6.45) is 1.98. The Morgan fingerprint density at radius 2 is 1.68 bits per heavy atom. The molecule has 1 aliphatic carbocycles. The molecule has 148 valence electrons. The number of nitrogens with one attached hydrogen (secondary N) is 1. The van der Waals surface area contributed by atoms with E-state index in [1.54, 1.807) is 0 Å². The molecule has 1 fully saturated rings. The van der Waals surface area contributed by atoms with Crippen LogP contribution in [-0.4, -0.2) is 36.2 Å². The zero-order valence-electron chi connectivity index (χ0n) is 17.1. The summed E-state index contributed by atoms with van der Waals surface area (Å²) in [6.45, 7) is 8.43. The molecule has 2 aromatic rings. The van der Waals surface area contributed by atoms with Gasteiger partial charge in [-0.3, -0.25) is 4.90 Å². The molecule has 1 aliphatic heterocycles. The molecule has 0 spiro atoms. The topological polar surface area (TPSA) is 41.6 Å². The average molecular weight is 379 g/mol. The highest BCUT2D eigenvalue weighted by Gasteiger charge is 2.35. The minimum Gasteiger partial charge on any atom is -0.444 e. The second-order valence-corrected chi connectivity index (χ2v) is 8.96. The maximum Gasteiger partial charge on any atom is 0.407 e. The van der Waals surface area contributed by atoms with Gasteiger partial charge >= 0.3 is 6.09 Å². The number of carbonyl (C=O) groups is 1. The van der Waals surface area contributed by atoms with Gasteiger partial charge in [0.15, 0.2) is 0 Å². The highest BCUT2D eigenvalue weighted by atomic mass is 16.6. The number of hydrogen-bond donors (Lipinski definition) is 1. The smallest absolute Gasteiger partial charge is 0.407 e. The van der Waals surface area contributed by atoms with Gasteiger partial charge in [0.1, 0.15) is 5.60 Å². The Bertz CT molecular complexity index is 810. The Labute approximate surface area is 167 Å². The van der Waals surface area contributed by atoms with Crippen molar-refractivity contribution in [2.24, 2.45) is 5.92 Å². The lowest BCUT2D eigenvalue weighted by molar-refractivity contribution is 0.0503. The summed E-state index contributed by atoms with van der Waals surface area (Å²) in [7, 11) is 0. The van der Waals surface area contributed by atoms with Crippen LogP contribution >= 0.6 is 0 Å². The molecule has 1 heterocycles. The van der Waals surface area contributed by atoms with Crippen molar-refractivity contribution in [2.45, 2.75) is 45.3 Å². The van der Waals surface area contributed by atoms with Crippen LogP contribution in [-0.2, 0) is 4.74 Å². The molecule has 2 aliphatic rings. The van der Waals surface area contributed by atoms with Gasteiger partial charge in [-0.05, 0) is 68.3 Å². The predicted molar refractivity (Wildman–Crippen MR) is 112 cm³/mol. The Morgan fingerprint density at radius 1 is 1.07 bits per heavy atom. The van der Waals surface area contributed by atoms with Gasteiger partial charge in [0.05, 0.1) is 6.04 Å². The van der Waals surface area contributed by atoms with Crippen molar-refractivity contribution >= 4 is 6.09 Å². The maximum absolute atomic E-state index is 12.0. The van der Waals surface area contributed by atoms with Crippen molar-refractivity contribution in [3.63, 3.8) is 0 Å². The lowest BCUT2D eigenvalue weighted by Gasteiger charge is -2.37. The van der Waals surface area contributed by atoms with Crippen LogP contribution < -0.4 is 5.32 Å². The SMILES string of the molecule is CC(C)(C)OC(=O)NCC1CCCN(C2c3ccccc3-c3ccccc32)C1. The zero-order valence-corrected chi connectivity index (χ0v) is 17.1. The van der Waals surface area contributed by atoms with Gasteiger partial charge in [-0.25, -0.2) is 4.79 Å². The van der Waals surface area contributed by atoms with Crippen LogP contribution in [0, 0.1) is 5.92 Å². The van der Waals surface area contributed by atoms with Crippen LogP contribution in [0.2, 0.25) is 0 Å². The standard InChI is InChI=1S/C24H30N2O2/c1-24(2,3)28-23(27)25-15-17-9-8-14-26(16-17)22-20-12-6-4-10-18(20)19-11-5-7-13-21(19)22/h4-7,10-13,17,22H,8-9,14-16H2,1-3H3,(H,25,27). The minimum atomic E-state index is -0.458. The lowest BCUT2D eigenvalue weighted by Crippen LogP contribution is -2.43. The number of ether oxygens (including phenoxy) is 1. The fourth-order valence-corrected chi connectivity index (χ4v) is 4.56. The van der Waals surface area contributed by atoms with E-state index >= 15 is 0 Å². The molecular formula is C24H30N2O2. The molecule has 0 aromatic heterocycles. The zero-order chi connectivity index (χ0) is 19.7. The summed E-state index contributed by atoms with van der Waals surface area (Å²) in [6, 6.07) is 17.9. The average Bonchev–Trinajstić information content (AvgIpc) is 3.00. The summed E-state index contributed by atoms with van der Waals surface area (Å²) in [5.74, 6) is 0.446. The minimum absolute atomic E-state index is 0.316. The molecule has 2 aromatic carbocycles. The number of amides is 1. The first-order valence-corrected chi connectivity index (χ1v) is 10.3. The van der Waals surface area contributed by atoms with Gasteiger partial charge in [-0.1, -0.05) is 48.5 Å². The van der Waals surface area contributed by atoms with Gasteiger partial charge < -0.3 is 10.1 Å². The fraction of sp³-hybridized carbons (Fsp3) is 0.458. The summed E-state index contributed by atoms with van der Waals surface area (Å²) >= 11 is 0. The van der Waals surface area contributed by atoms with Crippen molar-refractivity contribution in [2.75, 3.05) is 19.6 Å². The number of nitrogens with zero attached hydrogens (tertiary/aromatic N) is 1. The predicted octanol–water partition coefficient (Wildman–Crippen LogP) is 4.99. The molecule has 28 heavy (non-hydrogen) atoms. The van der Waals surface area contributed by atoms with Gasteiger partial charge in [-0.15, -0.1) is 0 Å². The normalized spacial score (nSPS) is 19.8. The molecule has 4 nitrogen and oxygen atoms in total. The van der Waals surface area contributed by atoms with E-state index in [1.807, 2.05) is 20.8 Å². The van der Waals surface area contributed by atoms with Crippen molar-refractivity contribution < 1.29 is 9.53 Å². The van der Waals surface area contributed by atoms with E-state index < -0.39 is 5.60 Å². The number of alkyl carbamates (subject to hydrolysis) is 1. The number of likely N-dealkylation sites (tertiary alicyclic amines) is 1. The first kappa shape index (κ1) is 19.0. The van der Waals surface area contributed by atoms with Gasteiger partial charge in [0.25, 0.3) is 0 Å². The number of hydrogen-bond acceptors (Lipinski definition) is 3. The van der Waals surface area contributed by atoms with Crippen LogP contribution in [0.25, 0.3) is 11.1 Å². The first-order valence-electron chi connectivity index (χ1n) is 10.3. The molecule has 0 saturated carbocycles. The summed E-state index contributed by atoms with van der Waals surface area (Å²) in [4.78, 5) is 14.6. The Kier molecular flexibility index (Phi) is 5.15. The summed E-state index contributed by atoms with van der Waals surface area (Å²) < 4.78 is 5.38. The van der Waals surface area contributed by atoms with Crippen LogP contribution in [0.4, 0.5) is 4.79 Å². The molecule has 1 atom stereocenters. The molecule has 0 radical (unpaired) electrons. The van der Waals surface area contributed by atoms with E-state index in [2.05, 4.69) is 58.7 Å². The molecule has 4 heteroatoms. The van der Waals surface area contributed by atoms with Gasteiger partial charge in [0, 0.05) is 13.1 Å². The van der Waals surface area contributed by atoms with Crippen molar-refractivity contribution in [3.8, 4) is 11.1 Å². The summed E-state index contributed by atoms with van der Waals surface area (Å²) in [5.41, 5.74) is 5.07. The first-order chi connectivity index (χ1) is 13.4. The third-order valence-electron chi connectivity index (χ3n) is 5.65. The molecule has 1 N–H and O–H groups in total. The number of piperidine rings is 1. The number of benzene rings is 2. The van der Waals surface area contributed by atoms with E-state index in [-0.39, 0.29) is 6.09 Å². The van der Waals surface area contributed by atoms with E-state index in [1.165, 1.54) is 22.3 Å². The van der Waals surface area contributed by atoms with Crippen molar-refractivity contribution in [1.82, 2.24) is 10.2 Å². The van der Waals surface area contributed by atoms with Gasteiger partial charge in [0.2, 0.25) is 0 Å². The van der Waals surface area contributed by atoms with E-state index in [0.29, 0.717) is 18.5 Å². The maximum atomic E-state index is 12.0. The highest BCUT2D eigenvalue weighted by molar-refractivity contribution is 5.78. The van der Waals surface area contributed by atoms with Crippen molar-refractivity contribution in [3.05, 3.63) is 59.7 Å². The quantitative estimate of drug-likeness (QED) is 0.818. The number of rotatable bonds is 3. The van der Waals surface area contributed by atoms with Crippen LogP contribution in [0.5, 0.6) is 0 Å². The Balaban J connectivity index is 1.47. The number of carbonyl (C=O) groups excluding carboxylic acids is 1. The molecule has 4 rings (SSSR count). The van der Waals surface area contributed by atoms with E-state index in [9.17, 15) is 4.79 Å². The lowest BCUT2D eigenvalue weighted by atomic mass is 9.94. The molecule has 1 amide bonds. The second-order valence-electron chi connectivity index (χ2n) is 8.96. The largest absolute Gasteiger partial charge is 0.444 e. The van der Waals surface area contributed by atoms with Crippen LogP contribution in [0.3, 0.4) is 0 Å². The Hall–Kier alpha value is -2.33. The molecule has 0 bridgehead atoms. The Morgan fingerprint density at radius 3 is 2.29 bits per heavy atom. The number of fused-ring (bicyclic) bond motifs is 3. The van der Waals surface area contributed by atoms with E-state index in [4.69, 9.17) is 4.74 Å². The molecule has 1 saturated heterocycles. The molecular weight excluding hydrogens is 348 g/mol. The fourth-order valence-electron chi connectivity index (χ4n) is 4.56. The van der Waals surface area contributed by atoms with Crippen molar-refractivity contribution in [1.29, 1.82) is 0 Å². The highest BCUT2D eigenvalue weighted by Crippen LogP contribution is 2.47. The third kappa shape index (κ3) is 3.93. The second kappa shape index (κ2) is 7.59. The van der Waals surface area contributed by atoms with Crippen LogP contribution in [0.1, 0.15) is 50.8 Å². The van der Waals surface area contributed by atoms with E-state index in [0.717, 1.165) is 25.9 Å². The summed E-state index contributed by atoms with van der Waals surface area (Å²) in [5, 5.41) is 2.97. The monoisotopic (exact) mass is 378 g/mol. The van der Waals surface area contributed by atoms with Crippen LogP contribution in [0.15, 0.2) is 48.5 Å². The molecule has 1 unspecified atom stereocenters.